The van der Waals surface area contributed by atoms with Crippen LogP contribution in [0.1, 0.15) is 26.5 Å². The maximum absolute atomic E-state index is 13.4. The average Bonchev–Trinajstić information content (AvgIpc) is 3.43. The highest BCUT2D eigenvalue weighted by Gasteiger charge is 2.22. The predicted molar refractivity (Wildman–Crippen MR) is 138 cm³/mol. The number of nitro benzene ring substituents is 2. The van der Waals surface area contributed by atoms with E-state index in [9.17, 15) is 25.0 Å². The molecular formula is C22H18BrN7O5S. The topological polar surface area (TPSA) is 162 Å². The molecule has 1 N–H and O–H groups in total. The van der Waals surface area contributed by atoms with Crippen LogP contribution in [-0.2, 0) is 5.41 Å². The zero-order chi connectivity index (χ0) is 26.2. The molecule has 0 atom stereocenters. The molecule has 0 aliphatic heterocycles. The van der Waals surface area contributed by atoms with Crippen LogP contribution in [0.5, 0.6) is 0 Å². The molecule has 2 aromatic carbocycles. The second-order valence-electron chi connectivity index (χ2n) is 8.64. The van der Waals surface area contributed by atoms with Gasteiger partial charge in [0.15, 0.2) is 5.69 Å². The molecule has 0 spiro atoms. The summed E-state index contributed by atoms with van der Waals surface area (Å²) in [7, 11) is 0. The van der Waals surface area contributed by atoms with Crippen LogP contribution in [-0.4, -0.2) is 24.6 Å². The largest absolute Gasteiger partial charge is 0.301 e. The van der Waals surface area contributed by atoms with E-state index >= 15 is 0 Å². The lowest BCUT2D eigenvalue weighted by molar-refractivity contribution is -0.385. The van der Waals surface area contributed by atoms with Crippen LogP contribution in [0.4, 0.5) is 22.7 Å². The number of azo groups is 1. The third-order valence-electron chi connectivity index (χ3n) is 5.08. The molecule has 12 nitrogen and oxygen atoms in total. The standard InChI is InChI=1S/C22H18BrN7O5S/c1-22(2,3)17-11-36-21(24-17)28-20(31)19(18(27-28)12-4-6-13(7-5-12)29(32)33)26-25-16-9-8-14(30(34)35)10-15(16)23/h4-11,27H,1-3H3. The molecule has 0 bridgehead atoms. The number of halogens is 1. The number of aromatic amines is 1. The fraction of sp³-hybridized carbons (Fsp3) is 0.182. The summed E-state index contributed by atoms with van der Waals surface area (Å²) >= 11 is 4.51. The fourth-order valence-corrected chi connectivity index (χ4v) is 4.57. The number of hydrogen-bond acceptors (Lipinski definition) is 9. The molecule has 14 heteroatoms. The number of nitro groups is 2. The lowest BCUT2D eigenvalue weighted by Crippen LogP contribution is -2.16. The molecule has 4 rings (SSSR count). The normalized spacial score (nSPS) is 11.8. The van der Waals surface area contributed by atoms with Crippen molar-refractivity contribution in [2.24, 2.45) is 10.2 Å². The summed E-state index contributed by atoms with van der Waals surface area (Å²) in [5.74, 6) is 0. The van der Waals surface area contributed by atoms with Crippen molar-refractivity contribution in [3.63, 3.8) is 0 Å². The molecule has 36 heavy (non-hydrogen) atoms. The van der Waals surface area contributed by atoms with E-state index in [1.54, 1.807) is 0 Å². The quantitative estimate of drug-likeness (QED) is 0.156. The Kier molecular flexibility index (Phi) is 6.65. The number of non-ortho nitro benzene ring substituents is 2. The minimum atomic E-state index is -0.539. The van der Waals surface area contributed by atoms with Gasteiger partial charge in [0, 0.05) is 40.6 Å². The summed E-state index contributed by atoms with van der Waals surface area (Å²) in [4.78, 5) is 38.9. The third kappa shape index (κ3) is 4.99. The Labute approximate surface area is 215 Å². The first-order chi connectivity index (χ1) is 17.0. The van der Waals surface area contributed by atoms with Crippen molar-refractivity contribution < 1.29 is 9.85 Å². The molecule has 2 heterocycles. The second-order valence-corrected chi connectivity index (χ2v) is 10.3. The predicted octanol–water partition coefficient (Wildman–Crippen LogP) is 6.58. The summed E-state index contributed by atoms with van der Waals surface area (Å²) in [6.45, 7) is 6.02. The number of aromatic nitrogens is 3. The van der Waals surface area contributed by atoms with Crippen molar-refractivity contribution in [1.29, 1.82) is 0 Å². The fourth-order valence-electron chi connectivity index (χ4n) is 3.11. The summed E-state index contributed by atoms with van der Waals surface area (Å²) in [5.41, 5.74) is 0.789. The van der Waals surface area contributed by atoms with Gasteiger partial charge in [-0.3, -0.25) is 30.1 Å². The summed E-state index contributed by atoms with van der Waals surface area (Å²) < 4.78 is 1.57. The highest BCUT2D eigenvalue weighted by molar-refractivity contribution is 9.10. The maximum Gasteiger partial charge on any atom is 0.301 e. The molecule has 0 radical (unpaired) electrons. The smallest absolute Gasteiger partial charge is 0.286 e. The zero-order valence-corrected chi connectivity index (χ0v) is 21.5. The minimum absolute atomic E-state index is 0.0541. The van der Waals surface area contributed by atoms with Gasteiger partial charge >= 0.3 is 5.56 Å². The van der Waals surface area contributed by atoms with E-state index in [1.807, 2.05) is 26.2 Å². The van der Waals surface area contributed by atoms with Gasteiger partial charge < -0.3 is 0 Å². The van der Waals surface area contributed by atoms with E-state index in [4.69, 9.17) is 0 Å². The highest BCUT2D eigenvalue weighted by Crippen LogP contribution is 2.34. The summed E-state index contributed by atoms with van der Waals surface area (Å²) in [6.07, 6.45) is 0. The van der Waals surface area contributed by atoms with Gasteiger partial charge in [-0.1, -0.05) is 20.8 Å². The molecule has 0 fully saturated rings. The van der Waals surface area contributed by atoms with Crippen molar-refractivity contribution in [1.82, 2.24) is 14.8 Å². The third-order valence-corrected chi connectivity index (χ3v) is 6.55. The number of nitrogens with zero attached hydrogens (tertiary/aromatic N) is 6. The van der Waals surface area contributed by atoms with Gasteiger partial charge in [-0.2, -0.15) is 4.68 Å². The van der Waals surface area contributed by atoms with Crippen molar-refractivity contribution >= 4 is 50.0 Å². The first kappa shape index (κ1) is 25.1. The molecule has 0 unspecified atom stereocenters. The van der Waals surface area contributed by atoms with Crippen molar-refractivity contribution in [2.75, 3.05) is 0 Å². The molecule has 184 valence electrons. The summed E-state index contributed by atoms with van der Waals surface area (Å²) in [6, 6.07) is 9.59. The first-order valence-electron chi connectivity index (χ1n) is 10.4. The Balaban J connectivity index is 1.84. The molecule has 0 aliphatic carbocycles. The van der Waals surface area contributed by atoms with Crippen LogP contribution in [0.2, 0.25) is 0 Å². The van der Waals surface area contributed by atoms with Crippen LogP contribution in [0.15, 0.2) is 67.3 Å². The van der Waals surface area contributed by atoms with E-state index in [2.05, 4.69) is 36.2 Å². The number of H-pyrrole nitrogens is 1. The van der Waals surface area contributed by atoms with Crippen molar-refractivity contribution in [3.8, 4) is 16.4 Å². The molecule has 0 saturated heterocycles. The molecule has 0 amide bonds. The Morgan fingerprint density at radius 2 is 1.67 bits per heavy atom. The minimum Gasteiger partial charge on any atom is -0.286 e. The van der Waals surface area contributed by atoms with Crippen molar-refractivity contribution in [2.45, 2.75) is 26.2 Å². The van der Waals surface area contributed by atoms with Gasteiger partial charge in [0.25, 0.3) is 11.4 Å². The van der Waals surface area contributed by atoms with Crippen LogP contribution in [0, 0.1) is 20.2 Å². The van der Waals surface area contributed by atoms with E-state index in [-0.39, 0.29) is 33.9 Å². The van der Waals surface area contributed by atoms with Crippen LogP contribution >= 0.6 is 27.3 Å². The van der Waals surface area contributed by atoms with E-state index in [1.165, 1.54) is 58.5 Å². The number of thiazole rings is 1. The number of hydrogen-bond donors (Lipinski definition) is 1. The average molecular weight is 572 g/mol. The van der Waals surface area contributed by atoms with Crippen LogP contribution < -0.4 is 5.56 Å². The molecule has 2 aromatic heterocycles. The SMILES string of the molecule is CC(C)(C)c1csc(-n2[nH]c(-c3ccc([N+](=O)[O-])cc3)c(N=Nc3ccc([N+](=O)[O-])cc3Br)c2=O)n1. The van der Waals surface area contributed by atoms with Gasteiger partial charge in [-0.15, -0.1) is 21.6 Å². The molecule has 0 aliphatic rings. The van der Waals surface area contributed by atoms with Crippen LogP contribution in [0.3, 0.4) is 0 Å². The monoisotopic (exact) mass is 571 g/mol. The van der Waals surface area contributed by atoms with Gasteiger partial charge in [-0.05, 0) is 34.1 Å². The van der Waals surface area contributed by atoms with Gasteiger partial charge in [0.2, 0.25) is 5.13 Å². The molecular weight excluding hydrogens is 554 g/mol. The van der Waals surface area contributed by atoms with Crippen molar-refractivity contribution in [3.05, 3.63) is 88.6 Å². The van der Waals surface area contributed by atoms with E-state index < -0.39 is 15.4 Å². The lowest BCUT2D eigenvalue weighted by Gasteiger charge is -2.14. The summed E-state index contributed by atoms with van der Waals surface area (Å²) in [5, 5.41) is 35.6. The maximum atomic E-state index is 13.4. The Bertz CT molecular complexity index is 1560. The van der Waals surface area contributed by atoms with Gasteiger partial charge in [0.1, 0.15) is 5.69 Å². The lowest BCUT2D eigenvalue weighted by atomic mass is 9.93. The Morgan fingerprint density at radius 3 is 2.22 bits per heavy atom. The second kappa shape index (κ2) is 9.54. The highest BCUT2D eigenvalue weighted by atomic mass is 79.9. The number of benzene rings is 2. The molecule has 0 saturated carbocycles. The Morgan fingerprint density at radius 1 is 1.03 bits per heavy atom. The number of nitrogens with one attached hydrogen (secondary N) is 1. The molecule has 4 aromatic rings. The van der Waals surface area contributed by atoms with E-state index in [0.717, 1.165) is 5.69 Å². The Hall–Kier alpha value is -4.04. The van der Waals surface area contributed by atoms with Crippen LogP contribution in [0.25, 0.3) is 16.4 Å². The first-order valence-corrected chi connectivity index (χ1v) is 12.0. The number of rotatable bonds is 6. The van der Waals surface area contributed by atoms with Gasteiger partial charge in [0.05, 0.1) is 25.7 Å². The van der Waals surface area contributed by atoms with Gasteiger partial charge in [-0.25, -0.2) is 4.98 Å². The zero-order valence-electron chi connectivity index (χ0n) is 19.1. The van der Waals surface area contributed by atoms with E-state index in [0.29, 0.717) is 15.2 Å².